The number of carbonyl (C=O) groups excluding carboxylic acids is 1. The molecule has 1 aromatic carbocycles. The van der Waals surface area contributed by atoms with Crippen molar-refractivity contribution >= 4 is 23.2 Å². The van der Waals surface area contributed by atoms with Crippen LogP contribution in [0.2, 0.25) is 0 Å². The van der Waals surface area contributed by atoms with Gasteiger partial charge in [0.1, 0.15) is 11.5 Å². The summed E-state index contributed by atoms with van der Waals surface area (Å²) in [6, 6.07) is 10.7. The molecule has 1 aromatic heterocycles. The summed E-state index contributed by atoms with van der Waals surface area (Å²) in [5.41, 5.74) is 0.501. The van der Waals surface area contributed by atoms with Crippen LogP contribution in [0, 0.1) is 0 Å². The SMILES string of the molecule is CCCCOc1cccc(C(=O)NC(=S)NCc2ccco2)c1. The molecule has 0 aliphatic rings. The van der Waals surface area contributed by atoms with E-state index >= 15 is 0 Å². The van der Waals surface area contributed by atoms with E-state index in [1.165, 1.54) is 0 Å². The number of thiocarbonyl (C=S) groups is 1. The molecule has 1 amide bonds. The van der Waals surface area contributed by atoms with E-state index < -0.39 is 0 Å². The van der Waals surface area contributed by atoms with Gasteiger partial charge in [0.05, 0.1) is 19.4 Å². The average Bonchev–Trinajstić information content (AvgIpc) is 3.07. The number of furan rings is 1. The van der Waals surface area contributed by atoms with Crippen molar-refractivity contribution in [2.24, 2.45) is 0 Å². The molecule has 0 spiro atoms. The molecular formula is C17H20N2O3S. The van der Waals surface area contributed by atoms with Crippen LogP contribution in [0.4, 0.5) is 0 Å². The number of hydrogen-bond donors (Lipinski definition) is 2. The van der Waals surface area contributed by atoms with Gasteiger partial charge in [0.2, 0.25) is 0 Å². The van der Waals surface area contributed by atoms with Gasteiger partial charge >= 0.3 is 0 Å². The van der Waals surface area contributed by atoms with E-state index in [0.717, 1.165) is 18.6 Å². The minimum absolute atomic E-state index is 0.253. The summed E-state index contributed by atoms with van der Waals surface area (Å²) in [5.74, 6) is 1.15. The molecule has 23 heavy (non-hydrogen) atoms. The van der Waals surface area contributed by atoms with Crippen LogP contribution in [-0.2, 0) is 6.54 Å². The summed E-state index contributed by atoms with van der Waals surface area (Å²) < 4.78 is 10.8. The van der Waals surface area contributed by atoms with Gasteiger partial charge in [-0.2, -0.15) is 0 Å². The number of ether oxygens (including phenoxy) is 1. The van der Waals surface area contributed by atoms with Gasteiger partial charge in [0, 0.05) is 5.56 Å². The molecule has 0 radical (unpaired) electrons. The van der Waals surface area contributed by atoms with Crippen LogP contribution in [0.25, 0.3) is 0 Å². The Labute approximate surface area is 141 Å². The first-order valence-corrected chi connectivity index (χ1v) is 7.94. The molecule has 0 atom stereocenters. The molecule has 0 fully saturated rings. The monoisotopic (exact) mass is 332 g/mol. The Balaban J connectivity index is 1.84. The van der Waals surface area contributed by atoms with Gasteiger partial charge in [-0.3, -0.25) is 10.1 Å². The molecule has 0 aliphatic heterocycles. The van der Waals surface area contributed by atoms with E-state index in [1.54, 1.807) is 30.5 Å². The Morgan fingerprint density at radius 1 is 1.30 bits per heavy atom. The highest BCUT2D eigenvalue weighted by Crippen LogP contribution is 2.13. The number of hydrogen-bond acceptors (Lipinski definition) is 4. The summed E-state index contributed by atoms with van der Waals surface area (Å²) in [7, 11) is 0. The number of carbonyl (C=O) groups is 1. The van der Waals surface area contributed by atoms with Gasteiger partial charge < -0.3 is 14.5 Å². The standard InChI is InChI=1S/C17H20N2O3S/c1-2-3-9-21-14-7-4-6-13(11-14)16(20)19-17(23)18-12-15-8-5-10-22-15/h4-8,10-11H,2-3,9,12H2,1H3,(H2,18,19,20,23). The second-order valence-electron chi connectivity index (χ2n) is 4.95. The molecule has 1 heterocycles. The van der Waals surface area contributed by atoms with E-state index in [0.29, 0.717) is 24.5 Å². The number of unbranched alkanes of at least 4 members (excludes halogenated alkanes) is 1. The van der Waals surface area contributed by atoms with Crippen molar-refractivity contribution < 1.29 is 13.9 Å². The minimum Gasteiger partial charge on any atom is -0.494 e. The van der Waals surface area contributed by atoms with Gasteiger partial charge in [-0.1, -0.05) is 19.4 Å². The first-order valence-electron chi connectivity index (χ1n) is 7.53. The van der Waals surface area contributed by atoms with Gasteiger partial charge in [0.25, 0.3) is 5.91 Å². The molecule has 122 valence electrons. The van der Waals surface area contributed by atoms with Crippen LogP contribution in [0.1, 0.15) is 35.9 Å². The summed E-state index contributed by atoms with van der Waals surface area (Å²) in [5, 5.41) is 5.81. The lowest BCUT2D eigenvalue weighted by Crippen LogP contribution is -2.38. The topological polar surface area (TPSA) is 63.5 Å². The van der Waals surface area contributed by atoms with E-state index in [-0.39, 0.29) is 11.0 Å². The highest BCUT2D eigenvalue weighted by molar-refractivity contribution is 7.80. The van der Waals surface area contributed by atoms with Crippen LogP contribution in [0.15, 0.2) is 47.1 Å². The van der Waals surface area contributed by atoms with E-state index in [9.17, 15) is 4.79 Å². The van der Waals surface area contributed by atoms with Crippen LogP contribution in [0.5, 0.6) is 5.75 Å². The molecule has 0 saturated carbocycles. The molecule has 2 N–H and O–H groups in total. The average molecular weight is 332 g/mol. The second kappa shape index (κ2) is 8.95. The van der Waals surface area contributed by atoms with Gasteiger partial charge in [0.15, 0.2) is 5.11 Å². The third-order valence-electron chi connectivity index (χ3n) is 3.09. The summed E-state index contributed by atoms with van der Waals surface area (Å²) >= 11 is 5.11. The largest absolute Gasteiger partial charge is 0.494 e. The predicted octanol–water partition coefficient (Wildman–Crippen LogP) is 3.26. The van der Waals surface area contributed by atoms with Crippen molar-refractivity contribution in [3.8, 4) is 5.75 Å². The Kier molecular flexibility index (Phi) is 6.62. The lowest BCUT2D eigenvalue weighted by Gasteiger charge is -2.10. The van der Waals surface area contributed by atoms with Crippen molar-refractivity contribution in [1.29, 1.82) is 0 Å². The fourth-order valence-electron chi connectivity index (χ4n) is 1.86. The highest BCUT2D eigenvalue weighted by Gasteiger charge is 2.09. The normalized spacial score (nSPS) is 10.1. The van der Waals surface area contributed by atoms with Crippen LogP contribution >= 0.6 is 12.2 Å². The first-order chi connectivity index (χ1) is 11.2. The van der Waals surface area contributed by atoms with Crippen molar-refractivity contribution in [2.75, 3.05) is 6.61 Å². The molecule has 0 bridgehead atoms. The molecule has 5 nitrogen and oxygen atoms in total. The highest BCUT2D eigenvalue weighted by atomic mass is 32.1. The van der Waals surface area contributed by atoms with Crippen molar-refractivity contribution in [1.82, 2.24) is 10.6 Å². The third-order valence-corrected chi connectivity index (χ3v) is 3.34. The molecule has 2 aromatic rings. The smallest absolute Gasteiger partial charge is 0.257 e. The minimum atomic E-state index is -0.275. The Morgan fingerprint density at radius 2 is 2.17 bits per heavy atom. The third kappa shape index (κ3) is 5.75. The number of benzene rings is 1. The number of nitrogens with one attached hydrogen (secondary N) is 2. The maximum absolute atomic E-state index is 12.2. The van der Waals surface area contributed by atoms with Crippen LogP contribution < -0.4 is 15.4 Å². The number of rotatable bonds is 7. The zero-order valence-electron chi connectivity index (χ0n) is 13.0. The van der Waals surface area contributed by atoms with Crippen LogP contribution in [0.3, 0.4) is 0 Å². The fraction of sp³-hybridized carbons (Fsp3) is 0.294. The Hall–Kier alpha value is -2.34. The van der Waals surface area contributed by atoms with Crippen molar-refractivity contribution in [3.05, 3.63) is 54.0 Å². The van der Waals surface area contributed by atoms with Gasteiger partial charge in [-0.15, -0.1) is 0 Å². The summed E-state index contributed by atoms with van der Waals surface area (Å²) in [6.07, 6.45) is 3.63. The Morgan fingerprint density at radius 3 is 2.91 bits per heavy atom. The maximum Gasteiger partial charge on any atom is 0.257 e. The summed E-state index contributed by atoms with van der Waals surface area (Å²) in [6.45, 7) is 3.17. The lowest BCUT2D eigenvalue weighted by molar-refractivity contribution is 0.0976. The Bertz CT molecular complexity index is 641. The van der Waals surface area contributed by atoms with Gasteiger partial charge in [-0.05, 0) is 49.0 Å². The molecule has 0 unspecified atom stereocenters. The molecule has 2 rings (SSSR count). The second-order valence-corrected chi connectivity index (χ2v) is 5.35. The molecule has 0 aliphatic carbocycles. The summed E-state index contributed by atoms with van der Waals surface area (Å²) in [4.78, 5) is 12.2. The van der Waals surface area contributed by atoms with Crippen molar-refractivity contribution in [3.63, 3.8) is 0 Å². The van der Waals surface area contributed by atoms with E-state index in [1.807, 2.05) is 12.1 Å². The zero-order valence-corrected chi connectivity index (χ0v) is 13.8. The van der Waals surface area contributed by atoms with Crippen LogP contribution in [-0.4, -0.2) is 17.6 Å². The molecule has 6 heteroatoms. The molecular weight excluding hydrogens is 312 g/mol. The van der Waals surface area contributed by atoms with Crippen molar-refractivity contribution in [2.45, 2.75) is 26.3 Å². The quantitative estimate of drug-likeness (QED) is 0.602. The first kappa shape index (κ1) is 17.0. The maximum atomic E-state index is 12.2. The number of amides is 1. The lowest BCUT2D eigenvalue weighted by atomic mass is 10.2. The predicted molar refractivity (Wildman–Crippen MR) is 92.5 cm³/mol. The van der Waals surface area contributed by atoms with Gasteiger partial charge in [-0.25, -0.2) is 0 Å². The van der Waals surface area contributed by atoms with E-state index in [4.69, 9.17) is 21.4 Å². The molecule has 0 saturated heterocycles. The van der Waals surface area contributed by atoms with E-state index in [2.05, 4.69) is 17.6 Å². The fourth-order valence-corrected chi connectivity index (χ4v) is 2.03. The zero-order chi connectivity index (χ0) is 16.5.